The second kappa shape index (κ2) is 7.78. The second-order valence-corrected chi connectivity index (χ2v) is 6.05. The Balaban J connectivity index is 1.60. The first-order chi connectivity index (χ1) is 12.8. The Bertz CT molecular complexity index is 791. The molecule has 2 heterocycles. The van der Waals surface area contributed by atoms with E-state index in [-0.39, 0.29) is 5.88 Å². The van der Waals surface area contributed by atoms with E-state index in [1.54, 1.807) is 18.2 Å². The molecule has 1 N–H and O–H groups in total. The molecule has 1 aliphatic heterocycles. The van der Waals surface area contributed by atoms with Gasteiger partial charge in [0.15, 0.2) is 5.69 Å². The number of rotatable bonds is 4. The molecule has 0 spiro atoms. The summed E-state index contributed by atoms with van der Waals surface area (Å²) >= 11 is 0. The van der Waals surface area contributed by atoms with Gasteiger partial charge in [-0.15, -0.1) is 10.2 Å². The van der Waals surface area contributed by atoms with Crippen LogP contribution in [-0.2, 0) is 12.7 Å². The fourth-order valence-electron chi connectivity index (χ4n) is 2.71. The Labute approximate surface area is 153 Å². The zero-order valence-electron chi connectivity index (χ0n) is 14.2. The highest BCUT2D eigenvalue weighted by atomic mass is 19.4. The van der Waals surface area contributed by atoms with Crippen LogP contribution in [0, 0.1) is 0 Å². The van der Waals surface area contributed by atoms with Gasteiger partial charge in [-0.2, -0.15) is 13.2 Å². The number of ether oxygens (including phenoxy) is 1. The SMILES string of the molecule is O=C(O)N1CCN(Cc2cccc(Oc3ccc(C(F)(F)F)nn3)c2)CC1. The molecule has 1 fully saturated rings. The Morgan fingerprint density at radius 3 is 2.44 bits per heavy atom. The van der Waals surface area contributed by atoms with Crippen molar-refractivity contribution < 1.29 is 27.8 Å². The van der Waals surface area contributed by atoms with Crippen molar-refractivity contribution in [2.75, 3.05) is 26.2 Å². The predicted octanol–water partition coefficient (Wildman–Crippen LogP) is 3.08. The Morgan fingerprint density at radius 1 is 1.11 bits per heavy atom. The van der Waals surface area contributed by atoms with E-state index >= 15 is 0 Å². The molecule has 1 amide bonds. The molecule has 27 heavy (non-hydrogen) atoms. The maximum Gasteiger partial charge on any atom is 0.435 e. The van der Waals surface area contributed by atoms with Crippen LogP contribution in [0.2, 0.25) is 0 Å². The minimum absolute atomic E-state index is 0.0322. The fraction of sp³-hybridized carbons (Fsp3) is 0.353. The second-order valence-electron chi connectivity index (χ2n) is 6.05. The molecular formula is C17H17F3N4O3. The largest absolute Gasteiger partial charge is 0.465 e. The maximum atomic E-state index is 12.5. The third-order valence-electron chi connectivity index (χ3n) is 4.10. The summed E-state index contributed by atoms with van der Waals surface area (Å²) in [5.41, 5.74) is -0.139. The number of alkyl halides is 3. The van der Waals surface area contributed by atoms with Crippen molar-refractivity contribution in [1.29, 1.82) is 0 Å². The van der Waals surface area contributed by atoms with Crippen LogP contribution >= 0.6 is 0 Å². The van der Waals surface area contributed by atoms with Crippen molar-refractivity contribution in [3.05, 3.63) is 47.7 Å². The van der Waals surface area contributed by atoms with Crippen LogP contribution in [-0.4, -0.2) is 57.4 Å². The summed E-state index contributed by atoms with van der Waals surface area (Å²) in [4.78, 5) is 14.4. The summed E-state index contributed by atoms with van der Waals surface area (Å²) in [6.07, 6.45) is -5.46. The van der Waals surface area contributed by atoms with Crippen molar-refractivity contribution in [3.63, 3.8) is 0 Å². The van der Waals surface area contributed by atoms with Crippen LogP contribution in [0.5, 0.6) is 11.6 Å². The average molecular weight is 382 g/mol. The molecule has 2 aromatic rings. The van der Waals surface area contributed by atoms with Gasteiger partial charge >= 0.3 is 12.3 Å². The number of amides is 1. The molecular weight excluding hydrogens is 365 g/mol. The van der Waals surface area contributed by atoms with Gasteiger partial charge in [-0.25, -0.2) is 4.79 Å². The Kier molecular flexibility index (Phi) is 5.45. The highest BCUT2D eigenvalue weighted by Gasteiger charge is 2.33. The number of nitrogens with zero attached hydrogens (tertiary/aromatic N) is 4. The molecule has 0 atom stereocenters. The molecule has 0 unspecified atom stereocenters. The zero-order valence-corrected chi connectivity index (χ0v) is 14.2. The highest BCUT2D eigenvalue weighted by Crippen LogP contribution is 2.28. The van der Waals surface area contributed by atoms with Gasteiger partial charge in [0, 0.05) is 38.8 Å². The summed E-state index contributed by atoms with van der Waals surface area (Å²) in [6.45, 7) is 2.77. The number of benzene rings is 1. The van der Waals surface area contributed by atoms with Gasteiger partial charge in [-0.05, 0) is 23.8 Å². The molecule has 0 aliphatic carbocycles. The molecule has 0 radical (unpaired) electrons. The van der Waals surface area contributed by atoms with Crippen molar-refractivity contribution in [3.8, 4) is 11.6 Å². The predicted molar refractivity (Wildman–Crippen MR) is 88.4 cm³/mol. The number of hydrogen-bond acceptors (Lipinski definition) is 5. The maximum absolute atomic E-state index is 12.5. The average Bonchev–Trinajstić information content (AvgIpc) is 2.62. The van der Waals surface area contributed by atoms with Crippen molar-refractivity contribution in [1.82, 2.24) is 20.0 Å². The van der Waals surface area contributed by atoms with Crippen LogP contribution in [0.1, 0.15) is 11.3 Å². The molecule has 3 rings (SSSR count). The third-order valence-corrected chi connectivity index (χ3v) is 4.10. The third kappa shape index (κ3) is 5.07. The van der Waals surface area contributed by atoms with Gasteiger partial charge in [0.1, 0.15) is 5.75 Å². The summed E-state index contributed by atoms with van der Waals surface area (Å²) in [5, 5.41) is 15.5. The lowest BCUT2D eigenvalue weighted by atomic mass is 10.2. The lowest BCUT2D eigenvalue weighted by Crippen LogP contribution is -2.47. The van der Waals surface area contributed by atoms with Crippen molar-refractivity contribution >= 4 is 6.09 Å². The topological polar surface area (TPSA) is 78.8 Å². The van der Waals surface area contributed by atoms with E-state index in [0.29, 0.717) is 38.5 Å². The molecule has 1 saturated heterocycles. The normalized spacial score (nSPS) is 15.6. The first kappa shape index (κ1) is 18.9. The van der Waals surface area contributed by atoms with E-state index < -0.39 is 18.0 Å². The van der Waals surface area contributed by atoms with Crippen LogP contribution in [0.15, 0.2) is 36.4 Å². The number of halogens is 3. The lowest BCUT2D eigenvalue weighted by Gasteiger charge is -2.33. The van der Waals surface area contributed by atoms with E-state index in [9.17, 15) is 18.0 Å². The Hall–Kier alpha value is -2.88. The monoisotopic (exact) mass is 382 g/mol. The van der Waals surface area contributed by atoms with E-state index in [1.165, 1.54) is 4.90 Å². The minimum Gasteiger partial charge on any atom is -0.465 e. The summed E-state index contributed by atoms with van der Waals surface area (Å²) in [6, 6.07) is 9.04. The highest BCUT2D eigenvalue weighted by molar-refractivity contribution is 5.65. The first-order valence-electron chi connectivity index (χ1n) is 8.19. The smallest absolute Gasteiger partial charge is 0.435 e. The summed E-state index contributed by atoms with van der Waals surface area (Å²) in [7, 11) is 0. The van der Waals surface area contributed by atoms with Crippen LogP contribution in [0.3, 0.4) is 0 Å². The zero-order chi connectivity index (χ0) is 19.4. The van der Waals surface area contributed by atoms with Gasteiger partial charge in [0.2, 0.25) is 5.88 Å². The lowest BCUT2D eigenvalue weighted by molar-refractivity contribution is -0.141. The number of aromatic nitrogens is 2. The van der Waals surface area contributed by atoms with Gasteiger partial charge in [0.25, 0.3) is 0 Å². The molecule has 7 nitrogen and oxygen atoms in total. The molecule has 0 saturated carbocycles. The molecule has 144 valence electrons. The van der Waals surface area contributed by atoms with Gasteiger partial charge in [0.05, 0.1) is 0 Å². The summed E-state index contributed by atoms with van der Waals surface area (Å²) in [5.74, 6) is 0.404. The van der Waals surface area contributed by atoms with Crippen LogP contribution in [0.25, 0.3) is 0 Å². The van der Waals surface area contributed by atoms with Crippen molar-refractivity contribution in [2.45, 2.75) is 12.7 Å². The quantitative estimate of drug-likeness (QED) is 0.876. The van der Waals surface area contributed by atoms with Gasteiger partial charge in [-0.1, -0.05) is 12.1 Å². The molecule has 1 aromatic carbocycles. The van der Waals surface area contributed by atoms with E-state index in [0.717, 1.165) is 17.7 Å². The van der Waals surface area contributed by atoms with Gasteiger partial charge < -0.3 is 14.7 Å². The standard InChI is InChI=1S/C17H17F3N4O3/c18-17(19,20)14-4-5-15(22-21-14)27-13-3-1-2-12(10-13)11-23-6-8-24(9-7-23)16(25)26/h1-5,10H,6-9,11H2,(H,25,26). The molecule has 10 heteroatoms. The van der Waals surface area contributed by atoms with Crippen molar-refractivity contribution in [2.24, 2.45) is 0 Å². The fourth-order valence-corrected chi connectivity index (χ4v) is 2.71. The number of carbonyl (C=O) groups is 1. The number of piperazine rings is 1. The molecule has 0 bridgehead atoms. The number of carboxylic acid groups (broad SMARTS) is 1. The molecule has 1 aromatic heterocycles. The van der Waals surface area contributed by atoms with Gasteiger partial charge in [-0.3, -0.25) is 4.90 Å². The minimum atomic E-state index is -4.55. The Morgan fingerprint density at radius 2 is 1.85 bits per heavy atom. The van der Waals surface area contributed by atoms with E-state index in [2.05, 4.69) is 15.1 Å². The first-order valence-corrected chi connectivity index (χ1v) is 8.19. The molecule has 1 aliphatic rings. The van der Waals surface area contributed by atoms with Crippen LogP contribution < -0.4 is 4.74 Å². The van der Waals surface area contributed by atoms with E-state index in [1.807, 2.05) is 6.07 Å². The number of hydrogen-bond donors (Lipinski definition) is 1. The van der Waals surface area contributed by atoms with Crippen LogP contribution in [0.4, 0.5) is 18.0 Å². The van der Waals surface area contributed by atoms with E-state index in [4.69, 9.17) is 9.84 Å². The summed E-state index contributed by atoms with van der Waals surface area (Å²) < 4.78 is 43.0.